The molecule has 0 aliphatic carbocycles. The van der Waals surface area contributed by atoms with E-state index in [4.69, 9.17) is 10.5 Å². The average molecular weight is 315 g/mol. The zero-order chi connectivity index (χ0) is 11.4. The van der Waals surface area contributed by atoms with Crippen LogP contribution in [-0.2, 0) is 6.54 Å². The molecule has 2 N–H and O–H groups in total. The lowest BCUT2D eigenvalue weighted by molar-refractivity contribution is 0.476. The molecule has 2 aromatic carbocycles. The quantitative estimate of drug-likeness (QED) is 0.925. The Morgan fingerprint density at radius 2 is 1.76 bits per heavy atom. The highest BCUT2D eigenvalue weighted by molar-refractivity contribution is 9.10. The largest absolute Gasteiger partial charge is 0.457 e. The summed E-state index contributed by atoms with van der Waals surface area (Å²) in [5.41, 5.74) is 6.65. The lowest BCUT2D eigenvalue weighted by atomic mass is 10.2. The second kappa shape index (κ2) is 6.64. The molecule has 4 heteroatoms. The van der Waals surface area contributed by atoms with Gasteiger partial charge in [-0.1, -0.05) is 40.2 Å². The Morgan fingerprint density at radius 3 is 2.41 bits per heavy atom. The Kier molecular flexibility index (Phi) is 5.48. The van der Waals surface area contributed by atoms with Crippen LogP contribution in [-0.4, -0.2) is 0 Å². The van der Waals surface area contributed by atoms with Crippen LogP contribution in [0.1, 0.15) is 5.56 Å². The minimum Gasteiger partial charge on any atom is -0.457 e. The minimum atomic E-state index is 0. The van der Waals surface area contributed by atoms with Crippen LogP contribution in [0.25, 0.3) is 0 Å². The van der Waals surface area contributed by atoms with Crippen molar-refractivity contribution in [3.8, 4) is 11.5 Å². The predicted octanol–water partition coefficient (Wildman–Crippen LogP) is 4.12. The summed E-state index contributed by atoms with van der Waals surface area (Å²) in [4.78, 5) is 0. The molecule has 0 amide bonds. The number of hydrogen-bond donors (Lipinski definition) is 1. The molecule has 0 radical (unpaired) electrons. The molecule has 0 saturated carbocycles. The van der Waals surface area contributed by atoms with Gasteiger partial charge >= 0.3 is 0 Å². The van der Waals surface area contributed by atoms with Gasteiger partial charge in [0.25, 0.3) is 0 Å². The summed E-state index contributed by atoms with van der Waals surface area (Å²) in [6.07, 6.45) is 0. The van der Waals surface area contributed by atoms with Crippen molar-refractivity contribution < 1.29 is 4.74 Å². The van der Waals surface area contributed by atoms with E-state index in [1.165, 1.54) is 0 Å². The minimum absolute atomic E-state index is 0. The van der Waals surface area contributed by atoms with Crippen molar-refractivity contribution in [2.75, 3.05) is 0 Å². The molecule has 90 valence electrons. The average Bonchev–Trinajstić information content (AvgIpc) is 2.31. The van der Waals surface area contributed by atoms with E-state index in [0.29, 0.717) is 6.54 Å². The fourth-order valence-corrected chi connectivity index (χ4v) is 1.75. The van der Waals surface area contributed by atoms with Gasteiger partial charge in [-0.15, -0.1) is 12.4 Å². The van der Waals surface area contributed by atoms with Gasteiger partial charge in [0, 0.05) is 16.6 Å². The van der Waals surface area contributed by atoms with Crippen molar-refractivity contribution in [2.45, 2.75) is 6.54 Å². The Bertz CT molecular complexity index is 476. The first kappa shape index (κ1) is 14.0. The predicted molar refractivity (Wildman–Crippen MR) is 75.8 cm³/mol. The third-order valence-corrected chi connectivity index (χ3v) is 2.71. The van der Waals surface area contributed by atoms with Gasteiger partial charge < -0.3 is 10.5 Å². The van der Waals surface area contributed by atoms with E-state index < -0.39 is 0 Å². The van der Waals surface area contributed by atoms with Crippen molar-refractivity contribution in [3.63, 3.8) is 0 Å². The molecule has 0 fully saturated rings. The molecular weight excluding hydrogens is 302 g/mol. The summed E-state index contributed by atoms with van der Waals surface area (Å²) >= 11 is 3.42. The summed E-state index contributed by atoms with van der Waals surface area (Å²) in [5, 5.41) is 0. The Hall–Kier alpha value is -1.03. The van der Waals surface area contributed by atoms with E-state index in [2.05, 4.69) is 15.9 Å². The van der Waals surface area contributed by atoms with Gasteiger partial charge in [-0.2, -0.15) is 0 Å². The van der Waals surface area contributed by atoms with Crippen molar-refractivity contribution in [2.24, 2.45) is 5.73 Å². The Morgan fingerprint density at radius 1 is 1.06 bits per heavy atom. The maximum absolute atomic E-state index is 5.77. The highest BCUT2D eigenvalue weighted by Crippen LogP contribution is 2.28. The molecule has 17 heavy (non-hydrogen) atoms. The summed E-state index contributed by atoms with van der Waals surface area (Å²) < 4.78 is 6.75. The van der Waals surface area contributed by atoms with Crippen LogP contribution >= 0.6 is 28.3 Å². The normalized spacial score (nSPS) is 9.53. The van der Waals surface area contributed by atoms with Gasteiger partial charge in [0.1, 0.15) is 11.5 Å². The van der Waals surface area contributed by atoms with Crippen LogP contribution < -0.4 is 10.5 Å². The van der Waals surface area contributed by atoms with Gasteiger partial charge in [-0.05, 0) is 24.3 Å². The van der Waals surface area contributed by atoms with Crippen molar-refractivity contribution >= 4 is 28.3 Å². The van der Waals surface area contributed by atoms with Gasteiger partial charge in [-0.25, -0.2) is 0 Å². The summed E-state index contributed by atoms with van der Waals surface area (Å²) in [5.74, 6) is 1.61. The van der Waals surface area contributed by atoms with Crippen LogP contribution in [0.5, 0.6) is 11.5 Å². The zero-order valence-corrected chi connectivity index (χ0v) is 11.5. The number of ether oxygens (including phenoxy) is 1. The van der Waals surface area contributed by atoms with Crippen LogP contribution in [0.15, 0.2) is 53.0 Å². The first-order valence-corrected chi connectivity index (χ1v) is 5.80. The molecule has 0 unspecified atom stereocenters. The van der Waals surface area contributed by atoms with E-state index in [1.807, 2.05) is 48.5 Å². The van der Waals surface area contributed by atoms with Crippen molar-refractivity contribution in [1.82, 2.24) is 0 Å². The Labute approximate surface area is 115 Å². The maximum atomic E-state index is 5.77. The zero-order valence-electron chi connectivity index (χ0n) is 9.10. The lowest BCUT2D eigenvalue weighted by Gasteiger charge is -2.10. The summed E-state index contributed by atoms with van der Waals surface area (Å²) in [6, 6.07) is 15.5. The molecule has 0 heterocycles. The number of rotatable bonds is 3. The monoisotopic (exact) mass is 313 g/mol. The van der Waals surface area contributed by atoms with E-state index in [-0.39, 0.29) is 12.4 Å². The van der Waals surface area contributed by atoms with Gasteiger partial charge in [-0.3, -0.25) is 0 Å². The van der Waals surface area contributed by atoms with Crippen LogP contribution in [0.4, 0.5) is 0 Å². The topological polar surface area (TPSA) is 35.2 Å². The molecule has 0 saturated heterocycles. The molecule has 2 aromatic rings. The van der Waals surface area contributed by atoms with Crippen LogP contribution in [0.2, 0.25) is 0 Å². The van der Waals surface area contributed by atoms with Gasteiger partial charge in [0.15, 0.2) is 0 Å². The Balaban J connectivity index is 0.00000144. The second-order valence-corrected chi connectivity index (χ2v) is 4.29. The second-order valence-electron chi connectivity index (χ2n) is 3.37. The summed E-state index contributed by atoms with van der Waals surface area (Å²) in [6.45, 7) is 0.468. The lowest BCUT2D eigenvalue weighted by Crippen LogP contribution is -1.99. The highest BCUT2D eigenvalue weighted by Gasteiger charge is 2.04. The standard InChI is InChI=1S/C13H12BrNO.ClH/c14-11-7-6-10(9-15)13(8-11)16-12-4-2-1-3-5-12;/h1-8H,9,15H2;1H. The first-order valence-electron chi connectivity index (χ1n) is 5.01. The highest BCUT2D eigenvalue weighted by atomic mass is 79.9. The van der Waals surface area contributed by atoms with Crippen molar-refractivity contribution in [3.05, 3.63) is 58.6 Å². The molecule has 0 bridgehead atoms. The smallest absolute Gasteiger partial charge is 0.133 e. The molecule has 2 nitrogen and oxygen atoms in total. The number of benzene rings is 2. The third kappa shape index (κ3) is 3.73. The third-order valence-electron chi connectivity index (χ3n) is 2.22. The fourth-order valence-electron chi connectivity index (χ4n) is 1.41. The maximum Gasteiger partial charge on any atom is 0.133 e. The van der Waals surface area contributed by atoms with E-state index in [1.54, 1.807) is 0 Å². The van der Waals surface area contributed by atoms with E-state index >= 15 is 0 Å². The molecular formula is C13H13BrClNO. The molecule has 0 spiro atoms. The van der Waals surface area contributed by atoms with Crippen LogP contribution in [0.3, 0.4) is 0 Å². The van der Waals surface area contributed by atoms with Crippen LogP contribution in [0, 0.1) is 0 Å². The summed E-state index contributed by atoms with van der Waals surface area (Å²) in [7, 11) is 0. The molecule has 2 rings (SSSR count). The van der Waals surface area contributed by atoms with Gasteiger partial charge in [0.05, 0.1) is 0 Å². The number of halogens is 2. The SMILES string of the molecule is Cl.NCc1ccc(Br)cc1Oc1ccccc1. The van der Waals surface area contributed by atoms with Gasteiger partial charge in [0.2, 0.25) is 0 Å². The van der Waals surface area contributed by atoms with E-state index in [9.17, 15) is 0 Å². The number of hydrogen-bond acceptors (Lipinski definition) is 2. The number of nitrogens with two attached hydrogens (primary N) is 1. The number of para-hydroxylation sites is 1. The molecule has 0 aliphatic rings. The van der Waals surface area contributed by atoms with E-state index in [0.717, 1.165) is 21.5 Å². The fraction of sp³-hybridized carbons (Fsp3) is 0.0769. The molecule has 0 aromatic heterocycles. The van der Waals surface area contributed by atoms with Crippen molar-refractivity contribution in [1.29, 1.82) is 0 Å². The molecule has 0 atom stereocenters. The molecule has 0 aliphatic heterocycles. The first-order chi connectivity index (χ1) is 7.79.